The minimum Gasteiger partial charge on any atom is -0.356 e. The van der Waals surface area contributed by atoms with Gasteiger partial charge in [0.15, 0.2) is 0 Å². The Kier molecular flexibility index (Phi) is 8.38. The predicted octanol–water partition coefficient (Wildman–Crippen LogP) is 1.59. The van der Waals surface area contributed by atoms with Crippen molar-refractivity contribution in [2.24, 2.45) is 11.0 Å². The third-order valence-corrected chi connectivity index (χ3v) is 3.29. The van der Waals surface area contributed by atoms with Crippen LogP contribution in [-0.2, 0) is 18.4 Å². The molecule has 9 nitrogen and oxygen atoms in total. The molecular formula is C9H19N4O5P. The first-order valence-corrected chi connectivity index (χ1v) is 7.14. The topological polar surface area (TPSA) is 134 Å². The van der Waals surface area contributed by atoms with Crippen LogP contribution in [0, 0.1) is 5.92 Å². The standard InChI is InChI=1S/C9H19N4O5P/c1-7(5-11-9(14)6-12-13-10)4-8(2)18-19(15,16)17-3/h7-8H,4-6H2,1-3H3,(H,11,14)(H,15,16). The van der Waals surface area contributed by atoms with E-state index < -0.39 is 13.9 Å². The van der Waals surface area contributed by atoms with Crippen LogP contribution in [0.4, 0.5) is 0 Å². The maximum absolute atomic E-state index is 11.2. The molecular weight excluding hydrogens is 275 g/mol. The van der Waals surface area contributed by atoms with E-state index in [1.165, 1.54) is 0 Å². The summed E-state index contributed by atoms with van der Waals surface area (Å²) in [6, 6.07) is 0. The molecule has 0 saturated heterocycles. The molecule has 0 aromatic heterocycles. The van der Waals surface area contributed by atoms with Gasteiger partial charge in [-0.05, 0) is 24.8 Å². The lowest BCUT2D eigenvalue weighted by Crippen LogP contribution is -2.31. The summed E-state index contributed by atoms with van der Waals surface area (Å²) in [6.45, 7) is 3.60. The molecule has 10 heteroatoms. The second-order valence-corrected chi connectivity index (χ2v) is 5.61. The fourth-order valence-corrected chi connectivity index (χ4v) is 2.03. The van der Waals surface area contributed by atoms with E-state index in [1.54, 1.807) is 6.92 Å². The van der Waals surface area contributed by atoms with Gasteiger partial charge in [0.2, 0.25) is 5.91 Å². The van der Waals surface area contributed by atoms with Gasteiger partial charge in [0.05, 0.1) is 6.10 Å². The number of carbonyl (C=O) groups is 1. The lowest BCUT2D eigenvalue weighted by atomic mass is 10.1. The average Bonchev–Trinajstić information content (AvgIpc) is 2.33. The Morgan fingerprint density at radius 3 is 2.74 bits per heavy atom. The molecule has 0 radical (unpaired) electrons. The molecule has 3 atom stereocenters. The quantitative estimate of drug-likeness (QED) is 0.288. The molecule has 0 bridgehead atoms. The van der Waals surface area contributed by atoms with Crippen LogP contribution in [0.3, 0.4) is 0 Å². The van der Waals surface area contributed by atoms with Crippen molar-refractivity contribution in [3.8, 4) is 0 Å². The van der Waals surface area contributed by atoms with Crippen molar-refractivity contribution in [1.82, 2.24) is 5.32 Å². The summed E-state index contributed by atoms with van der Waals surface area (Å²) in [4.78, 5) is 22.7. The van der Waals surface area contributed by atoms with Crippen LogP contribution in [-0.4, -0.2) is 37.1 Å². The van der Waals surface area contributed by atoms with Crippen LogP contribution in [0.2, 0.25) is 0 Å². The van der Waals surface area contributed by atoms with Crippen LogP contribution < -0.4 is 5.32 Å². The second-order valence-electron chi connectivity index (χ2n) is 4.10. The van der Waals surface area contributed by atoms with E-state index >= 15 is 0 Å². The van der Waals surface area contributed by atoms with E-state index in [4.69, 9.17) is 14.9 Å². The molecule has 110 valence electrons. The van der Waals surface area contributed by atoms with Crippen LogP contribution >= 0.6 is 7.82 Å². The van der Waals surface area contributed by atoms with Gasteiger partial charge in [-0.1, -0.05) is 12.0 Å². The van der Waals surface area contributed by atoms with E-state index in [9.17, 15) is 9.36 Å². The first kappa shape index (κ1) is 17.9. The number of azide groups is 1. The minimum atomic E-state index is -3.98. The summed E-state index contributed by atoms with van der Waals surface area (Å²) in [6.07, 6.45) is -0.0183. The molecule has 0 fully saturated rings. The highest BCUT2D eigenvalue weighted by molar-refractivity contribution is 7.47. The van der Waals surface area contributed by atoms with Gasteiger partial charge in [0, 0.05) is 18.6 Å². The van der Waals surface area contributed by atoms with Crippen LogP contribution in [0.25, 0.3) is 10.4 Å². The molecule has 3 unspecified atom stereocenters. The van der Waals surface area contributed by atoms with Crippen molar-refractivity contribution in [2.75, 3.05) is 20.2 Å². The second kappa shape index (κ2) is 8.90. The van der Waals surface area contributed by atoms with E-state index in [0.717, 1.165) is 7.11 Å². The highest BCUT2D eigenvalue weighted by atomic mass is 31.2. The first-order valence-electron chi connectivity index (χ1n) is 5.65. The Bertz CT molecular complexity index is 385. The fraction of sp³-hybridized carbons (Fsp3) is 0.889. The van der Waals surface area contributed by atoms with Crippen LogP contribution in [0.5, 0.6) is 0 Å². The predicted molar refractivity (Wildman–Crippen MR) is 68.2 cm³/mol. The monoisotopic (exact) mass is 294 g/mol. The summed E-state index contributed by atoms with van der Waals surface area (Å²) < 4.78 is 20.3. The summed E-state index contributed by atoms with van der Waals surface area (Å²) in [5, 5.41) is 5.70. The number of nitrogens with zero attached hydrogens (tertiary/aromatic N) is 3. The zero-order valence-corrected chi connectivity index (χ0v) is 12.0. The van der Waals surface area contributed by atoms with Crippen molar-refractivity contribution in [1.29, 1.82) is 0 Å². The van der Waals surface area contributed by atoms with Crippen LogP contribution in [0.1, 0.15) is 20.3 Å². The van der Waals surface area contributed by atoms with Gasteiger partial charge in [-0.25, -0.2) is 4.57 Å². The average molecular weight is 294 g/mol. The molecule has 0 rings (SSSR count). The summed E-state index contributed by atoms with van der Waals surface area (Å²) >= 11 is 0. The molecule has 0 aromatic rings. The van der Waals surface area contributed by atoms with Crippen molar-refractivity contribution in [3.05, 3.63) is 10.4 Å². The molecule has 0 spiro atoms. The van der Waals surface area contributed by atoms with Gasteiger partial charge in [-0.3, -0.25) is 13.8 Å². The number of phosphoric ester groups is 1. The molecule has 0 aliphatic rings. The Morgan fingerprint density at radius 2 is 2.21 bits per heavy atom. The van der Waals surface area contributed by atoms with E-state index in [-0.39, 0.29) is 18.4 Å². The van der Waals surface area contributed by atoms with Gasteiger partial charge in [0.1, 0.15) is 6.54 Å². The molecule has 0 aromatic carbocycles. The summed E-state index contributed by atoms with van der Waals surface area (Å²) in [5.41, 5.74) is 8.04. The zero-order valence-electron chi connectivity index (χ0n) is 11.1. The molecule has 19 heavy (non-hydrogen) atoms. The molecule has 2 N–H and O–H groups in total. The number of phosphoric acid groups is 1. The summed E-state index contributed by atoms with van der Waals surface area (Å²) in [5.74, 6) is -0.343. The zero-order chi connectivity index (χ0) is 14.9. The van der Waals surface area contributed by atoms with E-state index in [2.05, 4.69) is 19.9 Å². The summed E-state index contributed by atoms with van der Waals surface area (Å²) in [7, 11) is -2.89. The van der Waals surface area contributed by atoms with E-state index in [1.807, 2.05) is 6.92 Å². The Hall–Kier alpha value is -1.11. The fourth-order valence-electron chi connectivity index (χ4n) is 1.40. The van der Waals surface area contributed by atoms with Crippen molar-refractivity contribution in [3.63, 3.8) is 0 Å². The molecule has 0 aliphatic carbocycles. The smallest absolute Gasteiger partial charge is 0.356 e. The highest BCUT2D eigenvalue weighted by Gasteiger charge is 2.23. The number of carbonyl (C=O) groups excluding carboxylic acids is 1. The van der Waals surface area contributed by atoms with Gasteiger partial charge >= 0.3 is 7.82 Å². The van der Waals surface area contributed by atoms with Crippen molar-refractivity contribution >= 4 is 13.7 Å². The number of nitrogens with one attached hydrogen (secondary N) is 1. The van der Waals surface area contributed by atoms with Gasteiger partial charge in [-0.2, -0.15) is 0 Å². The molecule has 0 saturated carbocycles. The lowest BCUT2D eigenvalue weighted by Gasteiger charge is -2.19. The van der Waals surface area contributed by atoms with Gasteiger partial charge in [-0.15, -0.1) is 0 Å². The maximum Gasteiger partial charge on any atom is 0.472 e. The van der Waals surface area contributed by atoms with Crippen molar-refractivity contribution in [2.45, 2.75) is 26.4 Å². The Balaban J connectivity index is 3.97. The number of hydrogen-bond acceptors (Lipinski definition) is 5. The largest absolute Gasteiger partial charge is 0.472 e. The number of hydrogen-bond donors (Lipinski definition) is 2. The number of rotatable bonds is 9. The van der Waals surface area contributed by atoms with Crippen LogP contribution in [0.15, 0.2) is 5.11 Å². The third kappa shape index (κ3) is 9.47. The van der Waals surface area contributed by atoms with Crippen molar-refractivity contribution < 1.29 is 23.3 Å². The molecule has 0 heterocycles. The normalized spacial score (nSPS) is 16.8. The lowest BCUT2D eigenvalue weighted by molar-refractivity contribution is -0.119. The number of amides is 1. The Labute approximate surface area is 111 Å². The SMILES string of the molecule is COP(=O)(O)OC(C)CC(C)CNC(=O)CN=[N+]=[N-]. The minimum absolute atomic E-state index is 0.0295. The maximum atomic E-state index is 11.2. The highest BCUT2D eigenvalue weighted by Crippen LogP contribution is 2.44. The molecule has 0 aliphatic heterocycles. The molecule has 1 amide bonds. The van der Waals surface area contributed by atoms with Gasteiger partial charge < -0.3 is 10.2 Å². The van der Waals surface area contributed by atoms with Gasteiger partial charge in [0.25, 0.3) is 0 Å². The Morgan fingerprint density at radius 1 is 1.58 bits per heavy atom. The van der Waals surface area contributed by atoms with E-state index in [0.29, 0.717) is 13.0 Å². The first-order chi connectivity index (χ1) is 8.80. The third-order valence-electron chi connectivity index (χ3n) is 2.20.